The number of carbonyl (C=O) groups excluding carboxylic acids is 1. The number of hydrogen-bond acceptors (Lipinski definition) is 5. The Labute approximate surface area is 173 Å². The molecule has 2 heterocycles. The largest absolute Gasteiger partial charge is 0.480 e. The van der Waals surface area contributed by atoms with Gasteiger partial charge in [-0.3, -0.25) is 14.6 Å². The molecule has 0 saturated heterocycles. The Balaban J connectivity index is 2.18. The molecule has 1 amide bonds. The SMILES string of the molecule is CC(C)OCCn1c(=S)[nH]c(=O)c2c1ccn2CCC(=O)N[C@H](C(=O)O)C(C)C. The number of aliphatic carboxylic acids is 1. The zero-order valence-corrected chi connectivity index (χ0v) is 17.9. The first kappa shape index (κ1) is 22.8. The molecule has 2 rings (SSSR count). The molecule has 0 unspecified atom stereocenters. The minimum Gasteiger partial charge on any atom is -0.480 e. The van der Waals surface area contributed by atoms with Crippen molar-refractivity contribution >= 4 is 35.1 Å². The van der Waals surface area contributed by atoms with Crippen LogP contribution in [0.15, 0.2) is 17.1 Å². The quantitative estimate of drug-likeness (QED) is 0.501. The molecule has 0 aromatic carbocycles. The molecule has 0 aliphatic carbocycles. The first-order valence-corrected chi connectivity index (χ1v) is 9.98. The summed E-state index contributed by atoms with van der Waals surface area (Å²) in [6.45, 7) is 8.52. The summed E-state index contributed by atoms with van der Waals surface area (Å²) < 4.78 is 9.36. The first-order chi connectivity index (χ1) is 13.6. The van der Waals surface area contributed by atoms with Gasteiger partial charge < -0.3 is 24.3 Å². The van der Waals surface area contributed by atoms with Crippen LogP contribution in [0.5, 0.6) is 0 Å². The van der Waals surface area contributed by atoms with E-state index in [1.165, 1.54) is 0 Å². The van der Waals surface area contributed by atoms with Crippen molar-refractivity contribution in [3.05, 3.63) is 27.4 Å². The highest BCUT2D eigenvalue weighted by Crippen LogP contribution is 2.13. The van der Waals surface area contributed by atoms with Crippen molar-refractivity contribution in [2.75, 3.05) is 6.61 Å². The van der Waals surface area contributed by atoms with E-state index in [4.69, 9.17) is 17.0 Å². The van der Waals surface area contributed by atoms with Crippen molar-refractivity contribution in [2.24, 2.45) is 5.92 Å². The van der Waals surface area contributed by atoms with E-state index in [1.54, 1.807) is 35.2 Å². The average molecular weight is 425 g/mol. The Morgan fingerprint density at radius 3 is 2.55 bits per heavy atom. The van der Waals surface area contributed by atoms with Crippen LogP contribution in [0, 0.1) is 10.7 Å². The fourth-order valence-electron chi connectivity index (χ4n) is 3.03. The maximum atomic E-state index is 12.5. The summed E-state index contributed by atoms with van der Waals surface area (Å²) in [6.07, 6.45) is 1.86. The summed E-state index contributed by atoms with van der Waals surface area (Å²) in [5, 5.41) is 11.7. The molecule has 9 nitrogen and oxygen atoms in total. The number of aromatic nitrogens is 3. The third-order valence-electron chi connectivity index (χ3n) is 4.51. The summed E-state index contributed by atoms with van der Waals surface area (Å²) in [5.41, 5.74) is 0.744. The van der Waals surface area contributed by atoms with Crippen LogP contribution in [-0.2, 0) is 27.4 Å². The predicted molar refractivity (Wildman–Crippen MR) is 111 cm³/mol. The van der Waals surface area contributed by atoms with Gasteiger partial charge in [0.2, 0.25) is 5.91 Å². The molecule has 3 N–H and O–H groups in total. The van der Waals surface area contributed by atoms with Crippen molar-refractivity contribution in [1.29, 1.82) is 0 Å². The molecule has 0 spiro atoms. The molecule has 160 valence electrons. The number of nitrogens with zero attached hydrogens (tertiary/aromatic N) is 2. The van der Waals surface area contributed by atoms with E-state index in [0.717, 1.165) is 0 Å². The number of carboxylic acid groups (broad SMARTS) is 1. The van der Waals surface area contributed by atoms with Gasteiger partial charge in [-0.1, -0.05) is 13.8 Å². The Morgan fingerprint density at radius 2 is 1.97 bits per heavy atom. The van der Waals surface area contributed by atoms with E-state index in [9.17, 15) is 19.5 Å². The van der Waals surface area contributed by atoms with E-state index < -0.39 is 12.0 Å². The van der Waals surface area contributed by atoms with E-state index in [-0.39, 0.29) is 36.5 Å². The second kappa shape index (κ2) is 9.84. The number of aryl methyl sites for hydroxylation is 1. The predicted octanol–water partition coefficient (Wildman–Crippen LogP) is 1.90. The molecule has 0 bridgehead atoms. The second-order valence-electron chi connectivity index (χ2n) is 7.45. The smallest absolute Gasteiger partial charge is 0.326 e. The highest BCUT2D eigenvalue weighted by atomic mass is 32.1. The number of rotatable bonds is 10. The molecule has 0 radical (unpaired) electrons. The van der Waals surface area contributed by atoms with E-state index in [2.05, 4.69) is 10.3 Å². The highest BCUT2D eigenvalue weighted by molar-refractivity contribution is 7.71. The number of ether oxygens (including phenoxy) is 1. The Hall–Kier alpha value is -2.46. The van der Waals surface area contributed by atoms with E-state index in [0.29, 0.717) is 29.0 Å². The van der Waals surface area contributed by atoms with Crippen molar-refractivity contribution in [3.63, 3.8) is 0 Å². The van der Waals surface area contributed by atoms with Crippen LogP contribution >= 0.6 is 12.2 Å². The fraction of sp³-hybridized carbons (Fsp3) is 0.579. The molecule has 0 saturated carbocycles. The van der Waals surface area contributed by atoms with Crippen molar-refractivity contribution in [1.82, 2.24) is 19.4 Å². The lowest BCUT2D eigenvalue weighted by Crippen LogP contribution is -2.44. The van der Waals surface area contributed by atoms with Crippen LogP contribution in [0.1, 0.15) is 34.1 Å². The van der Waals surface area contributed by atoms with Crippen LogP contribution in [0.3, 0.4) is 0 Å². The maximum Gasteiger partial charge on any atom is 0.326 e. The number of hydrogen-bond donors (Lipinski definition) is 3. The number of amides is 1. The lowest BCUT2D eigenvalue weighted by molar-refractivity contribution is -0.143. The molecule has 29 heavy (non-hydrogen) atoms. The van der Waals surface area contributed by atoms with Gasteiger partial charge in [-0.2, -0.15) is 0 Å². The molecule has 2 aromatic heterocycles. The van der Waals surface area contributed by atoms with Crippen molar-refractivity contribution < 1.29 is 19.4 Å². The van der Waals surface area contributed by atoms with Gasteiger partial charge in [0.15, 0.2) is 4.77 Å². The minimum absolute atomic E-state index is 0.0474. The van der Waals surface area contributed by atoms with Gasteiger partial charge in [0.1, 0.15) is 11.6 Å². The Morgan fingerprint density at radius 1 is 1.28 bits per heavy atom. The summed E-state index contributed by atoms with van der Waals surface area (Å²) in [5.74, 6) is -1.69. The second-order valence-corrected chi connectivity index (χ2v) is 7.84. The highest BCUT2D eigenvalue weighted by Gasteiger charge is 2.23. The summed E-state index contributed by atoms with van der Waals surface area (Å²) in [4.78, 5) is 38.5. The van der Waals surface area contributed by atoms with Gasteiger partial charge in [0, 0.05) is 25.7 Å². The van der Waals surface area contributed by atoms with Crippen molar-refractivity contribution in [2.45, 2.75) is 59.4 Å². The van der Waals surface area contributed by atoms with Gasteiger partial charge in [-0.15, -0.1) is 0 Å². The van der Waals surface area contributed by atoms with Crippen LogP contribution < -0.4 is 10.9 Å². The minimum atomic E-state index is -1.07. The zero-order valence-electron chi connectivity index (χ0n) is 17.1. The van der Waals surface area contributed by atoms with Gasteiger partial charge in [-0.05, 0) is 38.0 Å². The van der Waals surface area contributed by atoms with Crippen LogP contribution in [0.2, 0.25) is 0 Å². The molecule has 10 heteroatoms. The third kappa shape index (κ3) is 5.77. The number of nitrogens with one attached hydrogen (secondary N) is 2. The average Bonchev–Trinajstić information content (AvgIpc) is 3.04. The third-order valence-corrected chi connectivity index (χ3v) is 4.83. The summed E-state index contributed by atoms with van der Waals surface area (Å²) >= 11 is 5.28. The van der Waals surface area contributed by atoms with Gasteiger partial charge in [-0.25, -0.2) is 4.79 Å². The standard InChI is InChI=1S/C19H28N4O5S/c1-11(2)15(18(26)27)20-14(24)6-8-22-7-5-13-16(22)17(25)21-19(29)23(13)9-10-28-12(3)4/h5,7,11-12,15H,6,8-10H2,1-4H3,(H,20,24)(H,26,27)(H,21,25,29)/t15-/m0/s1. The van der Waals surface area contributed by atoms with Crippen LogP contribution in [0.25, 0.3) is 11.0 Å². The molecular formula is C19H28N4O5S. The monoisotopic (exact) mass is 424 g/mol. The zero-order chi connectivity index (χ0) is 21.7. The first-order valence-electron chi connectivity index (χ1n) is 9.57. The number of aromatic amines is 1. The van der Waals surface area contributed by atoms with Gasteiger partial charge >= 0.3 is 5.97 Å². The molecule has 0 aliphatic heterocycles. The topological polar surface area (TPSA) is 118 Å². The maximum absolute atomic E-state index is 12.5. The molecular weight excluding hydrogens is 396 g/mol. The number of H-pyrrole nitrogens is 1. The van der Waals surface area contributed by atoms with Crippen LogP contribution in [0.4, 0.5) is 0 Å². The van der Waals surface area contributed by atoms with Gasteiger partial charge in [0.25, 0.3) is 5.56 Å². The Kier molecular flexibility index (Phi) is 7.74. The molecule has 2 aromatic rings. The summed E-state index contributed by atoms with van der Waals surface area (Å²) in [6, 6.07) is 0.833. The number of carbonyl (C=O) groups is 2. The van der Waals surface area contributed by atoms with Crippen molar-refractivity contribution in [3.8, 4) is 0 Å². The Bertz CT molecular complexity index is 989. The normalized spacial score (nSPS) is 12.6. The van der Waals surface area contributed by atoms with Crippen LogP contribution in [-0.4, -0.2) is 49.9 Å². The fourth-order valence-corrected chi connectivity index (χ4v) is 3.31. The number of carboxylic acids is 1. The van der Waals surface area contributed by atoms with Gasteiger partial charge in [0.05, 0.1) is 18.2 Å². The summed E-state index contributed by atoms with van der Waals surface area (Å²) in [7, 11) is 0. The van der Waals surface area contributed by atoms with E-state index in [1.807, 2.05) is 13.8 Å². The molecule has 0 fully saturated rings. The molecule has 1 atom stereocenters. The lowest BCUT2D eigenvalue weighted by Gasteiger charge is -2.18. The van der Waals surface area contributed by atoms with E-state index >= 15 is 0 Å². The number of fused-ring (bicyclic) bond motifs is 1. The molecule has 0 aliphatic rings. The lowest BCUT2D eigenvalue weighted by atomic mass is 10.0.